The van der Waals surface area contributed by atoms with Crippen molar-refractivity contribution < 1.29 is 0 Å². The molecule has 2 heteroatoms. The molecule has 226 valence electrons. The molecule has 0 amide bonds. The Morgan fingerprint density at radius 1 is 0.312 bits per heavy atom. The van der Waals surface area contributed by atoms with E-state index >= 15 is 0 Å². The zero-order chi connectivity index (χ0) is 31.9. The van der Waals surface area contributed by atoms with Crippen LogP contribution in [-0.2, 0) is 0 Å². The summed E-state index contributed by atoms with van der Waals surface area (Å²) in [5.41, 5.74) is 10.8. The summed E-state index contributed by atoms with van der Waals surface area (Å²) in [7, 11) is 0. The third-order valence-corrected chi connectivity index (χ3v) is 10.5. The summed E-state index contributed by atoms with van der Waals surface area (Å²) in [6.45, 7) is 0. The maximum atomic E-state index is 2.32. The minimum atomic E-state index is 1.12. The number of hydrogen-bond donors (Lipinski definition) is 0. The van der Waals surface area contributed by atoms with Crippen LogP contribution in [0, 0.1) is 0 Å². The van der Waals surface area contributed by atoms with E-state index in [1.54, 1.807) is 0 Å². The fourth-order valence-corrected chi connectivity index (χ4v) is 8.32. The van der Waals surface area contributed by atoms with E-state index < -0.39 is 0 Å². The van der Waals surface area contributed by atoms with Gasteiger partial charge >= 0.3 is 0 Å². The fraction of sp³-hybridized carbons (Fsp3) is 0. The van der Waals surface area contributed by atoms with E-state index in [2.05, 4.69) is 193 Å². The minimum Gasteiger partial charge on any atom is -0.311 e. The van der Waals surface area contributed by atoms with Gasteiger partial charge in [-0.25, -0.2) is 0 Å². The van der Waals surface area contributed by atoms with Crippen molar-refractivity contribution >= 4 is 59.3 Å². The Balaban J connectivity index is 1.29. The van der Waals surface area contributed by atoms with E-state index in [0.29, 0.717) is 0 Å². The summed E-state index contributed by atoms with van der Waals surface area (Å²) in [6, 6.07) is 67.9. The molecule has 0 N–H and O–H groups in total. The highest BCUT2D eigenvalue weighted by molar-refractivity contribution is 7.26. The first-order valence-electron chi connectivity index (χ1n) is 16.4. The van der Waals surface area contributed by atoms with E-state index in [4.69, 9.17) is 0 Å². The monoisotopic (exact) mass is 629 g/mol. The standard InChI is InChI=1S/C46H31NS/c1-4-14-32(15-5-1)33-24-26-35(27-25-33)44-43(39-20-10-11-21-40(39)46-45(44)41-22-12-13-23-42(41)48-46)34-28-30-38(31-29-34)47(36-16-6-2-7-17-36)37-18-8-3-9-19-37/h1-31H. The Kier molecular flexibility index (Phi) is 7.07. The molecule has 0 saturated heterocycles. The zero-order valence-corrected chi connectivity index (χ0v) is 27.1. The van der Waals surface area contributed by atoms with Gasteiger partial charge in [-0.05, 0) is 81.2 Å². The largest absolute Gasteiger partial charge is 0.311 e. The summed E-state index contributed by atoms with van der Waals surface area (Å²) in [5.74, 6) is 0. The van der Waals surface area contributed by atoms with Crippen LogP contribution in [0.3, 0.4) is 0 Å². The van der Waals surface area contributed by atoms with E-state index in [1.165, 1.54) is 64.3 Å². The van der Waals surface area contributed by atoms with Crippen LogP contribution in [0.5, 0.6) is 0 Å². The SMILES string of the molecule is c1ccc(-c2ccc(-c3c(-c4ccc(N(c5ccccc5)c5ccccc5)cc4)c4ccccc4c4sc5ccccc5c34)cc2)cc1. The molecule has 0 aliphatic carbocycles. The van der Waals surface area contributed by atoms with E-state index in [1.807, 2.05) is 11.3 Å². The molecule has 9 rings (SSSR count). The Bertz CT molecular complexity index is 2480. The highest BCUT2D eigenvalue weighted by Crippen LogP contribution is 2.50. The molecule has 48 heavy (non-hydrogen) atoms. The van der Waals surface area contributed by atoms with E-state index in [9.17, 15) is 0 Å². The van der Waals surface area contributed by atoms with Crippen molar-refractivity contribution in [1.82, 2.24) is 0 Å². The van der Waals surface area contributed by atoms with Gasteiger partial charge in [0.25, 0.3) is 0 Å². The van der Waals surface area contributed by atoms with Crippen LogP contribution in [0.4, 0.5) is 17.1 Å². The van der Waals surface area contributed by atoms with Crippen LogP contribution in [0.25, 0.3) is 64.3 Å². The molecule has 0 fully saturated rings. The van der Waals surface area contributed by atoms with Crippen LogP contribution >= 0.6 is 11.3 Å². The number of para-hydroxylation sites is 2. The van der Waals surface area contributed by atoms with Crippen molar-refractivity contribution in [1.29, 1.82) is 0 Å². The molecule has 0 unspecified atom stereocenters. The van der Waals surface area contributed by atoms with Gasteiger partial charge in [-0.1, -0.05) is 146 Å². The molecule has 0 radical (unpaired) electrons. The van der Waals surface area contributed by atoms with Gasteiger partial charge in [0.2, 0.25) is 0 Å². The lowest BCUT2D eigenvalue weighted by Crippen LogP contribution is -2.09. The normalized spacial score (nSPS) is 11.3. The molecule has 0 spiro atoms. The molecule has 1 heterocycles. The first-order valence-corrected chi connectivity index (χ1v) is 17.2. The number of rotatable bonds is 6. The molecule has 8 aromatic carbocycles. The Labute approximate surface area is 284 Å². The molecular weight excluding hydrogens is 599 g/mol. The molecule has 9 aromatic rings. The van der Waals surface area contributed by atoms with Crippen molar-refractivity contribution in [3.05, 3.63) is 188 Å². The maximum absolute atomic E-state index is 2.32. The highest BCUT2D eigenvalue weighted by atomic mass is 32.1. The number of anilines is 3. The molecule has 0 aliphatic rings. The van der Waals surface area contributed by atoms with Crippen LogP contribution in [0.15, 0.2) is 188 Å². The van der Waals surface area contributed by atoms with Gasteiger partial charge in [-0.3, -0.25) is 0 Å². The maximum Gasteiger partial charge on any atom is 0.0462 e. The quantitative estimate of drug-likeness (QED) is 0.177. The van der Waals surface area contributed by atoms with Gasteiger partial charge in [-0.15, -0.1) is 11.3 Å². The predicted octanol–water partition coefficient (Wildman–Crippen LogP) is 13.7. The van der Waals surface area contributed by atoms with Crippen molar-refractivity contribution in [2.75, 3.05) is 4.90 Å². The fourth-order valence-electron chi connectivity index (χ4n) is 7.07. The van der Waals surface area contributed by atoms with Gasteiger partial charge in [-0.2, -0.15) is 0 Å². The second kappa shape index (κ2) is 12.0. The number of fused-ring (bicyclic) bond motifs is 5. The molecule has 0 saturated carbocycles. The van der Waals surface area contributed by atoms with Crippen molar-refractivity contribution in [3.63, 3.8) is 0 Å². The number of benzene rings is 8. The molecular formula is C46H31NS. The third-order valence-electron chi connectivity index (χ3n) is 9.26. The van der Waals surface area contributed by atoms with E-state index in [-0.39, 0.29) is 0 Å². The summed E-state index contributed by atoms with van der Waals surface area (Å²) in [4.78, 5) is 2.32. The lowest BCUT2D eigenvalue weighted by atomic mass is 9.86. The molecule has 0 bridgehead atoms. The van der Waals surface area contributed by atoms with Gasteiger partial charge in [0.1, 0.15) is 0 Å². The minimum absolute atomic E-state index is 1.12. The zero-order valence-electron chi connectivity index (χ0n) is 26.3. The summed E-state index contributed by atoms with van der Waals surface area (Å²) < 4.78 is 2.65. The number of thiophene rings is 1. The first-order chi connectivity index (χ1) is 23.8. The van der Waals surface area contributed by atoms with Crippen molar-refractivity contribution in [3.8, 4) is 33.4 Å². The van der Waals surface area contributed by atoms with Crippen LogP contribution in [-0.4, -0.2) is 0 Å². The third kappa shape index (κ3) is 4.86. The molecule has 1 aromatic heterocycles. The summed E-state index contributed by atoms with van der Waals surface area (Å²) >= 11 is 1.90. The van der Waals surface area contributed by atoms with Crippen LogP contribution < -0.4 is 4.90 Å². The Morgan fingerprint density at radius 3 is 1.40 bits per heavy atom. The van der Waals surface area contributed by atoms with Crippen molar-refractivity contribution in [2.45, 2.75) is 0 Å². The van der Waals surface area contributed by atoms with Gasteiger partial charge in [0.15, 0.2) is 0 Å². The first kappa shape index (κ1) is 28.3. The van der Waals surface area contributed by atoms with Crippen LogP contribution in [0.1, 0.15) is 0 Å². The van der Waals surface area contributed by atoms with Crippen molar-refractivity contribution in [2.24, 2.45) is 0 Å². The smallest absolute Gasteiger partial charge is 0.0462 e. The lowest BCUT2D eigenvalue weighted by Gasteiger charge is -2.26. The van der Waals surface area contributed by atoms with Gasteiger partial charge in [0.05, 0.1) is 0 Å². The summed E-state index contributed by atoms with van der Waals surface area (Å²) in [5, 5.41) is 5.21. The molecule has 0 atom stereocenters. The second-order valence-corrected chi connectivity index (χ2v) is 13.1. The topological polar surface area (TPSA) is 3.24 Å². The molecule has 1 nitrogen and oxygen atoms in total. The average molecular weight is 630 g/mol. The highest BCUT2D eigenvalue weighted by Gasteiger charge is 2.22. The summed E-state index contributed by atoms with van der Waals surface area (Å²) in [6.07, 6.45) is 0. The second-order valence-electron chi connectivity index (χ2n) is 12.1. The Morgan fingerprint density at radius 2 is 0.750 bits per heavy atom. The van der Waals surface area contributed by atoms with Gasteiger partial charge in [0, 0.05) is 42.6 Å². The predicted molar refractivity (Wildman–Crippen MR) is 208 cm³/mol. The van der Waals surface area contributed by atoms with Gasteiger partial charge < -0.3 is 4.90 Å². The average Bonchev–Trinajstić information content (AvgIpc) is 3.56. The van der Waals surface area contributed by atoms with E-state index in [0.717, 1.165) is 17.1 Å². The van der Waals surface area contributed by atoms with Crippen LogP contribution in [0.2, 0.25) is 0 Å². The molecule has 0 aliphatic heterocycles. The Hall–Kier alpha value is -5.96. The number of hydrogen-bond acceptors (Lipinski definition) is 2. The lowest BCUT2D eigenvalue weighted by molar-refractivity contribution is 1.28. The number of nitrogens with zero attached hydrogens (tertiary/aromatic N) is 1.